The molecule has 0 aromatic heterocycles. The molecule has 0 aromatic rings. The highest BCUT2D eigenvalue weighted by Crippen LogP contribution is 2.26. The molecule has 2 amide bonds. The summed E-state index contributed by atoms with van der Waals surface area (Å²) in [6.45, 7) is 9.43. The summed E-state index contributed by atoms with van der Waals surface area (Å²) in [6.07, 6.45) is -2.86. The van der Waals surface area contributed by atoms with Crippen molar-refractivity contribution in [3.63, 3.8) is 0 Å². The van der Waals surface area contributed by atoms with Crippen LogP contribution in [-0.2, 0) is 47.4 Å². The Morgan fingerprint density at radius 2 is 1.57 bits per heavy atom. The highest BCUT2D eigenvalue weighted by atomic mass is 16.7. The second-order valence-corrected chi connectivity index (χ2v) is 11.1. The quantitative estimate of drug-likeness (QED) is 0.124. The van der Waals surface area contributed by atoms with E-state index < -0.39 is 59.5 Å². The van der Waals surface area contributed by atoms with E-state index in [1.807, 2.05) is 0 Å². The number of hydrogen-bond acceptors (Lipinski definition) is 13. The number of aliphatic carboxylic acids is 1. The van der Waals surface area contributed by atoms with Crippen LogP contribution in [0.15, 0.2) is 11.8 Å². The molecule has 1 aliphatic rings. The van der Waals surface area contributed by atoms with Gasteiger partial charge in [-0.05, 0) is 47.6 Å². The number of rotatable bonds is 17. The fourth-order valence-corrected chi connectivity index (χ4v) is 3.54. The number of methoxy groups -OCH3 is 3. The van der Waals surface area contributed by atoms with E-state index in [0.29, 0.717) is 0 Å². The molecule has 244 valence electrons. The fraction of sp³-hybridized carbons (Fsp3) is 0.808. The van der Waals surface area contributed by atoms with Crippen molar-refractivity contribution in [1.29, 1.82) is 0 Å². The SMILES string of the molecule is COCOC[C@@H](OCOC)[C@@H](OCOC)[C@H]1C[C@@H](NN(CNC(=O)OC(C)(C)C)C(=O)OC(C)(C)C)C=C(C(=O)O)O1. The van der Waals surface area contributed by atoms with Gasteiger partial charge in [0.25, 0.3) is 0 Å². The normalized spacial score (nSPS) is 18.7. The van der Waals surface area contributed by atoms with Gasteiger partial charge in [-0.2, -0.15) is 0 Å². The van der Waals surface area contributed by atoms with Crippen LogP contribution in [0.25, 0.3) is 0 Å². The largest absolute Gasteiger partial charge is 0.480 e. The van der Waals surface area contributed by atoms with Crippen LogP contribution < -0.4 is 10.7 Å². The van der Waals surface area contributed by atoms with Gasteiger partial charge in [0, 0.05) is 27.8 Å². The second kappa shape index (κ2) is 18.0. The number of amides is 2. The number of carboxylic acid groups (broad SMARTS) is 1. The predicted octanol–water partition coefficient (Wildman–Crippen LogP) is 1.94. The third-order valence-corrected chi connectivity index (χ3v) is 5.04. The lowest BCUT2D eigenvalue weighted by Gasteiger charge is -2.38. The summed E-state index contributed by atoms with van der Waals surface area (Å²) in [6, 6.07) is -0.806. The maximum atomic E-state index is 13.1. The van der Waals surface area contributed by atoms with E-state index >= 15 is 0 Å². The third kappa shape index (κ3) is 14.9. The van der Waals surface area contributed by atoms with Gasteiger partial charge in [0.05, 0.1) is 12.6 Å². The molecule has 3 N–H and O–H groups in total. The van der Waals surface area contributed by atoms with Crippen molar-refractivity contribution in [1.82, 2.24) is 15.8 Å². The van der Waals surface area contributed by atoms with E-state index in [9.17, 15) is 19.5 Å². The number of nitrogens with zero attached hydrogens (tertiary/aromatic N) is 1. The Kier molecular flexibility index (Phi) is 16.0. The topological polar surface area (TPSA) is 182 Å². The molecule has 0 aliphatic carbocycles. The summed E-state index contributed by atoms with van der Waals surface area (Å²) in [5, 5.41) is 13.3. The lowest BCUT2D eigenvalue weighted by molar-refractivity contribution is -0.209. The van der Waals surface area contributed by atoms with Crippen molar-refractivity contribution in [2.75, 3.05) is 55.0 Å². The smallest absolute Gasteiger partial charge is 0.426 e. The van der Waals surface area contributed by atoms with E-state index in [0.717, 1.165) is 5.01 Å². The van der Waals surface area contributed by atoms with Crippen LogP contribution in [0.3, 0.4) is 0 Å². The van der Waals surface area contributed by atoms with E-state index in [4.69, 9.17) is 42.6 Å². The summed E-state index contributed by atoms with van der Waals surface area (Å²) in [7, 11) is 4.33. The standard InChI is InChI=1S/C26H47N3O13/c1-25(2,3)41-23(32)27-13-29(24(33)42-26(4,5)6)28-17-10-18(40-19(11-17)22(30)31)21(39-16-36-9)20(38-15-35-8)12-37-14-34-7/h11,17-18,20-21,28H,10,12-16H2,1-9H3,(H,27,32)(H,30,31)/t17-,18-,20-,21+/m1/s1. The van der Waals surface area contributed by atoms with Crippen molar-refractivity contribution in [3.8, 4) is 0 Å². The Morgan fingerprint density at radius 1 is 0.976 bits per heavy atom. The van der Waals surface area contributed by atoms with Crippen LogP contribution in [0, 0.1) is 0 Å². The fourth-order valence-electron chi connectivity index (χ4n) is 3.54. The lowest BCUT2D eigenvalue weighted by Crippen LogP contribution is -2.57. The number of nitrogens with one attached hydrogen (secondary N) is 2. The zero-order chi connectivity index (χ0) is 31.9. The number of hydrazine groups is 1. The minimum absolute atomic E-state index is 0.0144. The predicted molar refractivity (Wildman–Crippen MR) is 146 cm³/mol. The summed E-state index contributed by atoms with van der Waals surface area (Å²) < 4.78 is 48.7. The van der Waals surface area contributed by atoms with Crippen molar-refractivity contribution < 1.29 is 62.1 Å². The number of ether oxygens (including phenoxy) is 9. The van der Waals surface area contributed by atoms with Gasteiger partial charge in [0.1, 0.15) is 56.6 Å². The van der Waals surface area contributed by atoms with E-state index in [2.05, 4.69) is 10.7 Å². The zero-order valence-corrected chi connectivity index (χ0v) is 25.9. The van der Waals surface area contributed by atoms with Gasteiger partial charge in [0.2, 0.25) is 5.76 Å². The first kappa shape index (κ1) is 37.3. The molecule has 1 heterocycles. The molecule has 0 saturated heterocycles. The molecule has 0 bridgehead atoms. The first-order valence-corrected chi connectivity index (χ1v) is 13.2. The van der Waals surface area contributed by atoms with Crippen LogP contribution in [-0.4, -0.2) is 119 Å². The highest BCUT2D eigenvalue weighted by Gasteiger charge is 2.40. The van der Waals surface area contributed by atoms with Crippen molar-refractivity contribution >= 4 is 18.2 Å². The van der Waals surface area contributed by atoms with Crippen LogP contribution in [0.1, 0.15) is 48.0 Å². The van der Waals surface area contributed by atoms with Crippen molar-refractivity contribution in [3.05, 3.63) is 11.8 Å². The monoisotopic (exact) mass is 609 g/mol. The van der Waals surface area contributed by atoms with Crippen LogP contribution in [0.2, 0.25) is 0 Å². The molecule has 0 spiro atoms. The maximum Gasteiger partial charge on any atom is 0.426 e. The van der Waals surface area contributed by atoms with Gasteiger partial charge >= 0.3 is 18.2 Å². The minimum atomic E-state index is -1.35. The van der Waals surface area contributed by atoms with Crippen molar-refractivity contribution in [2.24, 2.45) is 0 Å². The first-order chi connectivity index (χ1) is 19.6. The molecule has 0 aromatic carbocycles. The Balaban J connectivity index is 3.29. The zero-order valence-electron chi connectivity index (χ0n) is 25.9. The average Bonchev–Trinajstić information content (AvgIpc) is 2.87. The minimum Gasteiger partial charge on any atom is -0.480 e. The first-order valence-electron chi connectivity index (χ1n) is 13.2. The number of carboxylic acids is 1. The Hall–Kier alpha value is -2.73. The van der Waals surface area contributed by atoms with E-state index in [-0.39, 0.29) is 40.1 Å². The molecule has 16 nitrogen and oxygen atoms in total. The molecule has 16 heteroatoms. The van der Waals surface area contributed by atoms with Crippen LogP contribution >= 0.6 is 0 Å². The van der Waals surface area contributed by atoms with E-state index in [1.165, 1.54) is 27.4 Å². The van der Waals surface area contributed by atoms with Gasteiger partial charge in [0.15, 0.2) is 0 Å². The number of carbonyl (C=O) groups is 3. The van der Waals surface area contributed by atoms with Gasteiger partial charge in [-0.25, -0.2) is 24.8 Å². The van der Waals surface area contributed by atoms with Crippen molar-refractivity contribution in [2.45, 2.75) is 83.5 Å². The third-order valence-electron chi connectivity index (χ3n) is 5.04. The molecular weight excluding hydrogens is 562 g/mol. The molecule has 0 fully saturated rings. The average molecular weight is 610 g/mol. The number of alkyl carbamates (subject to hydrolysis) is 1. The summed E-state index contributed by atoms with van der Waals surface area (Å²) in [4.78, 5) is 37.4. The van der Waals surface area contributed by atoms with Crippen LogP contribution in [0.4, 0.5) is 9.59 Å². The Morgan fingerprint density at radius 3 is 2.12 bits per heavy atom. The molecule has 42 heavy (non-hydrogen) atoms. The maximum absolute atomic E-state index is 13.1. The molecule has 4 atom stereocenters. The molecule has 0 saturated carbocycles. The number of carbonyl (C=O) groups excluding carboxylic acids is 2. The van der Waals surface area contributed by atoms with E-state index in [1.54, 1.807) is 41.5 Å². The molecular formula is C26H47N3O13. The summed E-state index contributed by atoms with van der Waals surface area (Å²) in [5.41, 5.74) is 1.29. The molecule has 0 unspecified atom stereocenters. The Labute approximate surface area is 246 Å². The number of hydrogen-bond donors (Lipinski definition) is 3. The molecule has 1 rings (SSSR count). The van der Waals surface area contributed by atoms with Gasteiger partial charge in [-0.1, -0.05) is 0 Å². The van der Waals surface area contributed by atoms with Gasteiger partial charge < -0.3 is 53.1 Å². The van der Waals surface area contributed by atoms with Gasteiger partial charge in [-0.3, -0.25) is 0 Å². The molecule has 1 aliphatic heterocycles. The van der Waals surface area contributed by atoms with Gasteiger partial charge in [-0.15, -0.1) is 0 Å². The summed E-state index contributed by atoms with van der Waals surface area (Å²) in [5.74, 6) is -1.75. The summed E-state index contributed by atoms with van der Waals surface area (Å²) >= 11 is 0. The highest BCUT2D eigenvalue weighted by molar-refractivity contribution is 5.84. The molecule has 0 radical (unpaired) electrons. The Bertz CT molecular complexity index is 872. The second-order valence-electron chi connectivity index (χ2n) is 11.1. The lowest BCUT2D eigenvalue weighted by atomic mass is 9.97. The van der Waals surface area contributed by atoms with Crippen LogP contribution in [0.5, 0.6) is 0 Å².